The van der Waals surface area contributed by atoms with E-state index in [2.05, 4.69) is 37.4 Å². The summed E-state index contributed by atoms with van der Waals surface area (Å²) >= 11 is 1.78. The maximum absolute atomic E-state index is 12.8. The molecular formula is C21H24N2O3S. The van der Waals surface area contributed by atoms with Gasteiger partial charge in [-0.05, 0) is 56.2 Å². The Balaban J connectivity index is 1.70. The topological polar surface area (TPSA) is 58.6 Å². The van der Waals surface area contributed by atoms with E-state index in [1.54, 1.807) is 43.0 Å². The summed E-state index contributed by atoms with van der Waals surface area (Å²) in [7, 11) is 0. The van der Waals surface area contributed by atoms with Crippen LogP contribution in [-0.2, 0) is 4.74 Å². The van der Waals surface area contributed by atoms with E-state index in [0.29, 0.717) is 24.4 Å². The molecule has 0 spiro atoms. The molecule has 1 saturated heterocycles. The molecule has 1 aliphatic heterocycles. The molecule has 2 amide bonds. The van der Waals surface area contributed by atoms with Crippen LogP contribution in [0.4, 0.5) is 10.5 Å². The first-order valence-corrected chi connectivity index (χ1v) is 10.1. The Labute approximate surface area is 164 Å². The van der Waals surface area contributed by atoms with Crippen LogP contribution in [-0.4, -0.2) is 35.8 Å². The van der Waals surface area contributed by atoms with Crippen LogP contribution in [0, 0.1) is 13.8 Å². The molecule has 1 atom stereocenters. The highest BCUT2D eigenvalue weighted by Gasteiger charge is 2.31. The second-order valence-electron chi connectivity index (χ2n) is 6.50. The number of urea groups is 1. The molecule has 0 aromatic heterocycles. The van der Waals surface area contributed by atoms with Crippen molar-refractivity contribution in [1.82, 2.24) is 4.90 Å². The van der Waals surface area contributed by atoms with Crippen molar-refractivity contribution in [1.29, 1.82) is 0 Å². The molecule has 0 saturated carbocycles. The third kappa shape index (κ3) is 4.45. The van der Waals surface area contributed by atoms with Gasteiger partial charge in [-0.25, -0.2) is 9.59 Å². The highest BCUT2D eigenvalue weighted by molar-refractivity contribution is 7.99. The van der Waals surface area contributed by atoms with Crippen molar-refractivity contribution in [2.24, 2.45) is 0 Å². The van der Waals surface area contributed by atoms with Crippen molar-refractivity contribution in [2.45, 2.75) is 26.1 Å². The number of thioether (sulfide) groups is 1. The summed E-state index contributed by atoms with van der Waals surface area (Å²) in [5, 5.41) is 2.95. The zero-order valence-corrected chi connectivity index (χ0v) is 16.6. The number of nitrogens with one attached hydrogen (secondary N) is 1. The van der Waals surface area contributed by atoms with E-state index < -0.39 is 0 Å². The molecule has 0 unspecified atom stereocenters. The Morgan fingerprint density at radius 1 is 1.19 bits per heavy atom. The van der Waals surface area contributed by atoms with Gasteiger partial charge in [-0.15, -0.1) is 11.8 Å². The van der Waals surface area contributed by atoms with Crippen LogP contribution in [0.25, 0.3) is 0 Å². The molecule has 5 nitrogen and oxygen atoms in total. The Hall–Kier alpha value is -2.47. The Morgan fingerprint density at radius 2 is 1.93 bits per heavy atom. The predicted molar refractivity (Wildman–Crippen MR) is 109 cm³/mol. The fourth-order valence-electron chi connectivity index (χ4n) is 3.14. The number of hydrogen-bond donors (Lipinski definition) is 1. The smallest absolute Gasteiger partial charge is 0.338 e. The van der Waals surface area contributed by atoms with Gasteiger partial charge in [0.2, 0.25) is 0 Å². The maximum atomic E-state index is 12.8. The number of rotatable bonds is 4. The summed E-state index contributed by atoms with van der Waals surface area (Å²) in [5.41, 5.74) is 4.72. The van der Waals surface area contributed by atoms with Gasteiger partial charge in [0.1, 0.15) is 5.37 Å². The lowest BCUT2D eigenvalue weighted by atomic mass is 10.1. The summed E-state index contributed by atoms with van der Waals surface area (Å²) in [4.78, 5) is 26.4. The van der Waals surface area contributed by atoms with Crippen LogP contribution in [0.1, 0.15) is 39.3 Å². The second kappa shape index (κ2) is 8.48. The van der Waals surface area contributed by atoms with Crippen LogP contribution in [0.15, 0.2) is 42.5 Å². The van der Waals surface area contributed by atoms with E-state index in [9.17, 15) is 9.59 Å². The van der Waals surface area contributed by atoms with Crippen LogP contribution >= 0.6 is 11.8 Å². The SMILES string of the molecule is CCOC(=O)c1ccc(NC(=O)N2CCS[C@H]2c2ccc(C)cc2C)cc1. The first kappa shape index (κ1) is 19.3. The van der Waals surface area contributed by atoms with E-state index in [1.165, 1.54) is 16.7 Å². The first-order valence-electron chi connectivity index (χ1n) is 9.03. The fourth-order valence-corrected chi connectivity index (χ4v) is 4.49. The lowest BCUT2D eigenvalue weighted by Gasteiger charge is -2.25. The van der Waals surface area contributed by atoms with Gasteiger partial charge in [0.25, 0.3) is 0 Å². The second-order valence-corrected chi connectivity index (χ2v) is 7.69. The number of ether oxygens (including phenoxy) is 1. The molecule has 6 heteroatoms. The minimum Gasteiger partial charge on any atom is -0.462 e. The number of nitrogens with zero attached hydrogens (tertiary/aromatic N) is 1. The third-order valence-electron chi connectivity index (χ3n) is 4.49. The quantitative estimate of drug-likeness (QED) is 0.772. The minimum atomic E-state index is -0.360. The Bertz CT molecular complexity index is 836. The summed E-state index contributed by atoms with van der Waals surface area (Å²) in [6, 6.07) is 13.0. The van der Waals surface area contributed by atoms with Crippen molar-refractivity contribution in [2.75, 3.05) is 24.2 Å². The minimum absolute atomic E-state index is 0.0180. The zero-order chi connectivity index (χ0) is 19.4. The van der Waals surface area contributed by atoms with E-state index in [-0.39, 0.29) is 17.4 Å². The van der Waals surface area contributed by atoms with Crippen molar-refractivity contribution in [3.63, 3.8) is 0 Å². The van der Waals surface area contributed by atoms with Gasteiger partial charge in [-0.3, -0.25) is 0 Å². The number of esters is 1. The van der Waals surface area contributed by atoms with Crippen LogP contribution in [0.5, 0.6) is 0 Å². The number of carbonyl (C=O) groups excluding carboxylic acids is 2. The lowest BCUT2D eigenvalue weighted by molar-refractivity contribution is 0.0526. The summed E-state index contributed by atoms with van der Waals surface area (Å²) < 4.78 is 4.98. The number of aryl methyl sites for hydroxylation is 2. The normalized spacial score (nSPS) is 16.3. The molecule has 142 valence electrons. The average Bonchev–Trinajstić information content (AvgIpc) is 3.12. The lowest BCUT2D eigenvalue weighted by Crippen LogP contribution is -2.34. The van der Waals surface area contributed by atoms with Gasteiger partial charge >= 0.3 is 12.0 Å². The van der Waals surface area contributed by atoms with Crippen molar-refractivity contribution >= 4 is 29.4 Å². The van der Waals surface area contributed by atoms with E-state index in [0.717, 1.165) is 5.75 Å². The third-order valence-corrected chi connectivity index (χ3v) is 5.73. The highest BCUT2D eigenvalue weighted by atomic mass is 32.2. The molecule has 2 aromatic carbocycles. The molecule has 0 radical (unpaired) electrons. The largest absolute Gasteiger partial charge is 0.462 e. The van der Waals surface area contributed by atoms with Gasteiger partial charge in [0, 0.05) is 18.0 Å². The van der Waals surface area contributed by atoms with Gasteiger partial charge in [-0.1, -0.05) is 23.8 Å². The fraction of sp³-hybridized carbons (Fsp3) is 0.333. The summed E-state index contributed by atoms with van der Waals surface area (Å²) in [6.07, 6.45) is 0. The van der Waals surface area contributed by atoms with Gasteiger partial charge in [-0.2, -0.15) is 0 Å². The maximum Gasteiger partial charge on any atom is 0.338 e. The molecule has 27 heavy (non-hydrogen) atoms. The monoisotopic (exact) mass is 384 g/mol. The van der Waals surface area contributed by atoms with E-state index in [4.69, 9.17) is 4.74 Å². The van der Waals surface area contributed by atoms with Gasteiger partial charge in [0.05, 0.1) is 12.2 Å². The Kier molecular flexibility index (Phi) is 6.06. The Morgan fingerprint density at radius 3 is 2.59 bits per heavy atom. The van der Waals surface area contributed by atoms with E-state index >= 15 is 0 Å². The zero-order valence-electron chi connectivity index (χ0n) is 15.8. The van der Waals surface area contributed by atoms with Gasteiger partial charge < -0.3 is 15.0 Å². The molecule has 1 heterocycles. The molecule has 0 aliphatic carbocycles. The summed E-state index contributed by atoms with van der Waals surface area (Å²) in [6.45, 7) is 6.97. The molecule has 2 aromatic rings. The first-order chi connectivity index (χ1) is 13.0. The number of amides is 2. The average molecular weight is 385 g/mol. The number of benzene rings is 2. The highest BCUT2D eigenvalue weighted by Crippen LogP contribution is 2.39. The standard InChI is InChI=1S/C21H24N2O3S/c1-4-26-20(24)16-6-8-17(9-7-16)22-21(25)23-11-12-27-19(23)18-10-5-14(2)13-15(18)3/h5-10,13,19H,4,11-12H2,1-3H3,(H,22,25)/t19-/m0/s1. The number of carbonyl (C=O) groups is 2. The molecular weight excluding hydrogens is 360 g/mol. The van der Waals surface area contributed by atoms with E-state index in [1.807, 2.05) is 4.90 Å². The molecule has 3 rings (SSSR count). The molecule has 1 aliphatic rings. The molecule has 1 fully saturated rings. The van der Waals surface area contributed by atoms with Crippen LogP contribution < -0.4 is 5.32 Å². The van der Waals surface area contributed by atoms with Crippen molar-refractivity contribution in [3.8, 4) is 0 Å². The number of hydrogen-bond acceptors (Lipinski definition) is 4. The number of anilines is 1. The van der Waals surface area contributed by atoms with Crippen LogP contribution in [0.2, 0.25) is 0 Å². The molecule has 1 N–H and O–H groups in total. The van der Waals surface area contributed by atoms with Crippen molar-refractivity contribution in [3.05, 3.63) is 64.7 Å². The molecule has 0 bridgehead atoms. The summed E-state index contributed by atoms with van der Waals surface area (Å²) in [5.74, 6) is 0.550. The van der Waals surface area contributed by atoms with Crippen molar-refractivity contribution < 1.29 is 14.3 Å². The van der Waals surface area contributed by atoms with Crippen LogP contribution in [0.3, 0.4) is 0 Å². The predicted octanol–water partition coefficient (Wildman–Crippen LogP) is 4.76. The van der Waals surface area contributed by atoms with Gasteiger partial charge in [0.15, 0.2) is 0 Å².